The summed E-state index contributed by atoms with van der Waals surface area (Å²) in [4.78, 5) is 0. The van der Waals surface area contributed by atoms with Crippen LogP contribution in [0.5, 0.6) is 11.5 Å². The van der Waals surface area contributed by atoms with Gasteiger partial charge in [-0.2, -0.15) is 0 Å². The number of halogens is 1. The normalized spacial score (nSPS) is 10.2. The quantitative estimate of drug-likeness (QED) is 0.783. The van der Waals surface area contributed by atoms with Crippen molar-refractivity contribution in [2.45, 2.75) is 13.5 Å². The number of hydrogen-bond acceptors (Lipinski definition) is 3. The maximum atomic E-state index is 9.89. The van der Waals surface area contributed by atoms with Gasteiger partial charge in [0.2, 0.25) is 0 Å². The van der Waals surface area contributed by atoms with E-state index in [1.54, 1.807) is 0 Å². The maximum Gasteiger partial charge on any atom is 0.171 e. The Kier molecular flexibility index (Phi) is 4.90. The van der Waals surface area contributed by atoms with Gasteiger partial charge in [-0.15, -0.1) is 0 Å². The second-order valence-electron chi connectivity index (χ2n) is 4.08. The Bertz CT molecular complexity index is 543. The Morgan fingerprint density at radius 2 is 1.95 bits per heavy atom. The van der Waals surface area contributed by atoms with Gasteiger partial charge in [0.25, 0.3) is 0 Å². The van der Waals surface area contributed by atoms with Crippen molar-refractivity contribution in [3.05, 3.63) is 51.6 Å². The number of para-hydroxylation sites is 1. The number of benzene rings is 2. The van der Waals surface area contributed by atoms with Crippen molar-refractivity contribution >= 4 is 28.3 Å². The lowest BCUT2D eigenvalue weighted by molar-refractivity contribution is 0.317. The van der Waals surface area contributed by atoms with Gasteiger partial charge >= 0.3 is 0 Å². The Balaban J connectivity index is 2.12. The molecule has 0 aliphatic carbocycles. The van der Waals surface area contributed by atoms with E-state index < -0.39 is 0 Å². The van der Waals surface area contributed by atoms with Crippen LogP contribution in [0.15, 0.2) is 42.5 Å². The Morgan fingerprint density at radius 3 is 2.63 bits per heavy atom. The van der Waals surface area contributed by atoms with Crippen molar-refractivity contribution in [1.29, 1.82) is 0 Å². The number of ether oxygens (including phenoxy) is 1. The SMILES string of the molecule is CCOc1cc(CNc2ccccc2)cc(I)c1O. The summed E-state index contributed by atoms with van der Waals surface area (Å²) >= 11 is 2.11. The van der Waals surface area contributed by atoms with Crippen LogP contribution in [-0.2, 0) is 6.54 Å². The molecule has 19 heavy (non-hydrogen) atoms. The highest BCUT2D eigenvalue weighted by Gasteiger charge is 2.08. The lowest BCUT2D eigenvalue weighted by Crippen LogP contribution is -2.01. The molecule has 0 spiro atoms. The van der Waals surface area contributed by atoms with Crippen LogP contribution in [0.4, 0.5) is 5.69 Å². The molecule has 0 bridgehead atoms. The lowest BCUT2D eigenvalue weighted by atomic mass is 10.2. The van der Waals surface area contributed by atoms with Gasteiger partial charge in [0.05, 0.1) is 10.2 Å². The molecular formula is C15H16INO2. The monoisotopic (exact) mass is 369 g/mol. The molecule has 0 aromatic heterocycles. The molecule has 2 aromatic carbocycles. The first kappa shape index (κ1) is 14.0. The van der Waals surface area contributed by atoms with Crippen LogP contribution in [-0.4, -0.2) is 11.7 Å². The summed E-state index contributed by atoms with van der Waals surface area (Å²) in [5.74, 6) is 0.755. The van der Waals surface area contributed by atoms with Crippen LogP contribution in [0.1, 0.15) is 12.5 Å². The van der Waals surface area contributed by atoms with Crippen LogP contribution in [0.25, 0.3) is 0 Å². The summed E-state index contributed by atoms with van der Waals surface area (Å²) < 4.78 is 6.23. The van der Waals surface area contributed by atoms with Crippen LogP contribution >= 0.6 is 22.6 Å². The van der Waals surface area contributed by atoms with Gasteiger partial charge in [0.15, 0.2) is 11.5 Å². The largest absolute Gasteiger partial charge is 0.504 e. The molecule has 0 amide bonds. The molecule has 0 atom stereocenters. The van der Waals surface area contributed by atoms with Crippen molar-refractivity contribution in [2.24, 2.45) is 0 Å². The second kappa shape index (κ2) is 6.65. The number of phenolic OH excluding ortho intramolecular Hbond substituents is 1. The number of anilines is 1. The molecule has 4 heteroatoms. The van der Waals surface area contributed by atoms with E-state index in [-0.39, 0.29) is 5.75 Å². The first-order valence-electron chi connectivity index (χ1n) is 6.13. The van der Waals surface area contributed by atoms with Gasteiger partial charge in [-0.3, -0.25) is 0 Å². The molecule has 2 N–H and O–H groups in total. The van der Waals surface area contributed by atoms with Crippen molar-refractivity contribution in [1.82, 2.24) is 0 Å². The van der Waals surface area contributed by atoms with Gasteiger partial charge in [-0.05, 0) is 59.3 Å². The van der Waals surface area contributed by atoms with E-state index in [1.165, 1.54) is 0 Å². The van der Waals surface area contributed by atoms with Gasteiger partial charge in [-0.25, -0.2) is 0 Å². The molecule has 0 radical (unpaired) electrons. The zero-order chi connectivity index (χ0) is 13.7. The molecule has 0 unspecified atom stereocenters. The van der Waals surface area contributed by atoms with E-state index in [1.807, 2.05) is 49.4 Å². The summed E-state index contributed by atoms with van der Waals surface area (Å²) in [5.41, 5.74) is 2.15. The van der Waals surface area contributed by atoms with Crippen molar-refractivity contribution in [2.75, 3.05) is 11.9 Å². The standard InChI is InChI=1S/C15H16INO2/c1-2-19-14-9-11(8-13(16)15(14)18)10-17-12-6-4-3-5-7-12/h3-9,17-18H,2,10H2,1H3. The van der Waals surface area contributed by atoms with Crippen molar-refractivity contribution in [3.63, 3.8) is 0 Å². The fourth-order valence-corrected chi connectivity index (χ4v) is 2.42. The van der Waals surface area contributed by atoms with Crippen LogP contribution < -0.4 is 10.1 Å². The highest BCUT2D eigenvalue weighted by atomic mass is 127. The number of phenols is 1. The maximum absolute atomic E-state index is 9.89. The average molecular weight is 369 g/mol. The number of nitrogens with one attached hydrogen (secondary N) is 1. The molecule has 0 aliphatic heterocycles. The first-order valence-corrected chi connectivity index (χ1v) is 7.21. The van der Waals surface area contributed by atoms with E-state index in [9.17, 15) is 5.11 Å². The molecule has 100 valence electrons. The minimum atomic E-state index is 0.214. The van der Waals surface area contributed by atoms with Gasteiger partial charge in [-0.1, -0.05) is 18.2 Å². The number of aromatic hydroxyl groups is 1. The Morgan fingerprint density at radius 1 is 1.21 bits per heavy atom. The molecule has 0 saturated carbocycles. The van der Waals surface area contributed by atoms with E-state index >= 15 is 0 Å². The number of hydrogen-bond donors (Lipinski definition) is 2. The minimum Gasteiger partial charge on any atom is -0.504 e. The highest BCUT2D eigenvalue weighted by Crippen LogP contribution is 2.32. The molecular weight excluding hydrogens is 353 g/mol. The summed E-state index contributed by atoms with van der Waals surface area (Å²) in [5, 5.41) is 13.2. The molecule has 2 rings (SSSR count). The van der Waals surface area contributed by atoms with Gasteiger partial charge < -0.3 is 15.2 Å². The average Bonchev–Trinajstić information content (AvgIpc) is 2.43. The third-order valence-electron chi connectivity index (χ3n) is 2.66. The Hall–Kier alpha value is -1.43. The lowest BCUT2D eigenvalue weighted by Gasteiger charge is -2.11. The van der Waals surface area contributed by atoms with Crippen molar-refractivity contribution < 1.29 is 9.84 Å². The summed E-state index contributed by atoms with van der Waals surface area (Å²) in [6.07, 6.45) is 0. The van der Waals surface area contributed by atoms with Crippen LogP contribution in [0.3, 0.4) is 0 Å². The van der Waals surface area contributed by atoms with E-state index in [0.29, 0.717) is 18.9 Å². The third-order valence-corrected chi connectivity index (χ3v) is 3.48. The fraction of sp³-hybridized carbons (Fsp3) is 0.200. The predicted molar refractivity (Wildman–Crippen MR) is 85.8 cm³/mol. The molecule has 0 fully saturated rings. The second-order valence-corrected chi connectivity index (χ2v) is 5.24. The topological polar surface area (TPSA) is 41.5 Å². The van der Waals surface area contributed by atoms with Gasteiger partial charge in [0.1, 0.15) is 0 Å². The predicted octanol–water partition coefficient (Wildman–Crippen LogP) is 4.01. The van der Waals surface area contributed by atoms with Crippen LogP contribution in [0.2, 0.25) is 0 Å². The molecule has 3 nitrogen and oxygen atoms in total. The van der Waals surface area contributed by atoms with Crippen molar-refractivity contribution in [3.8, 4) is 11.5 Å². The molecule has 0 heterocycles. The fourth-order valence-electron chi connectivity index (χ4n) is 1.75. The summed E-state index contributed by atoms with van der Waals surface area (Å²) in [6.45, 7) is 3.14. The minimum absolute atomic E-state index is 0.214. The smallest absolute Gasteiger partial charge is 0.171 e. The Labute approximate surface area is 126 Å². The zero-order valence-electron chi connectivity index (χ0n) is 10.7. The van der Waals surface area contributed by atoms with E-state index in [0.717, 1.165) is 14.8 Å². The number of rotatable bonds is 5. The molecule has 0 aliphatic rings. The van der Waals surface area contributed by atoms with Crippen LogP contribution in [0, 0.1) is 3.57 Å². The zero-order valence-corrected chi connectivity index (χ0v) is 12.8. The summed E-state index contributed by atoms with van der Waals surface area (Å²) in [6, 6.07) is 13.8. The van der Waals surface area contributed by atoms with E-state index in [4.69, 9.17) is 4.74 Å². The van der Waals surface area contributed by atoms with E-state index in [2.05, 4.69) is 27.9 Å². The van der Waals surface area contributed by atoms with Gasteiger partial charge in [0, 0.05) is 12.2 Å². The summed E-state index contributed by atoms with van der Waals surface area (Å²) in [7, 11) is 0. The molecule has 2 aromatic rings. The molecule has 0 saturated heterocycles. The first-order chi connectivity index (χ1) is 9.20. The third kappa shape index (κ3) is 3.76. The highest BCUT2D eigenvalue weighted by molar-refractivity contribution is 14.1.